The molecule has 2 saturated heterocycles. The van der Waals surface area contributed by atoms with E-state index in [2.05, 4.69) is 32.0 Å². The molecule has 2 aromatic heterocycles. The van der Waals surface area contributed by atoms with E-state index >= 15 is 0 Å². The highest BCUT2D eigenvalue weighted by Crippen LogP contribution is 2.48. The van der Waals surface area contributed by atoms with Crippen molar-refractivity contribution in [3.8, 4) is 0 Å². The number of carboxylic acid groups (broad SMARTS) is 1. The molecule has 0 aromatic carbocycles. The highest BCUT2D eigenvalue weighted by atomic mass is 32.1. The van der Waals surface area contributed by atoms with Crippen LogP contribution in [0.1, 0.15) is 67.4 Å². The zero-order valence-corrected chi connectivity index (χ0v) is 14.7. The van der Waals surface area contributed by atoms with E-state index in [0.717, 1.165) is 25.7 Å². The SMILES string of the molecule is Cc1c(C2C[C@H]3CC[C@@H](C2)N3C(=O)O)sc2[nH]cc(C(C)C)c12. The monoisotopic (exact) mass is 332 g/mol. The van der Waals surface area contributed by atoms with E-state index in [1.807, 2.05) is 11.3 Å². The maximum absolute atomic E-state index is 11.5. The molecule has 2 fully saturated rings. The first-order valence-corrected chi connectivity index (χ1v) is 9.40. The summed E-state index contributed by atoms with van der Waals surface area (Å²) in [5, 5.41) is 10.8. The van der Waals surface area contributed by atoms with Gasteiger partial charge in [0.25, 0.3) is 0 Å². The Kier molecular flexibility index (Phi) is 3.45. The van der Waals surface area contributed by atoms with Gasteiger partial charge in [0.2, 0.25) is 0 Å². The minimum absolute atomic E-state index is 0.223. The number of thiophene rings is 1. The second-order valence-corrected chi connectivity index (χ2v) is 8.49. The van der Waals surface area contributed by atoms with Gasteiger partial charge >= 0.3 is 6.09 Å². The average Bonchev–Trinajstić information content (AvgIpc) is 3.12. The Morgan fingerprint density at radius 2 is 2.00 bits per heavy atom. The van der Waals surface area contributed by atoms with Crippen molar-refractivity contribution in [3.63, 3.8) is 0 Å². The number of aromatic nitrogens is 1. The zero-order chi connectivity index (χ0) is 16.3. The summed E-state index contributed by atoms with van der Waals surface area (Å²) in [6.45, 7) is 6.73. The first-order chi connectivity index (χ1) is 11.0. The van der Waals surface area contributed by atoms with Crippen LogP contribution in [0.3, 0.4) is 0 Å². The van der Waals surface area contributed by atoms with Gasteiger partial charge in [-0.15, -0.1) is 11.3 Å². The molecule has 0 saturated carbocycles. The Hall–Kier alpha value is -1.49. The first kappa shape index (κ1) is 15.1. The van der Waals surface area contributed by atoms with Crippen LogP contribution in [-0.4, -0.2) is 33.2 Å². The summed E-state index contributed by atoms with van der Waals surface area (Å²) in [5.74, 6) is 1.05. The van der Waals surface area contributed by atoms with Crippen LogP contribution in [0, 0.1) is 6.92 Å². The molecule has 2 bridgehead atoms. The van der Waals surface area contributed by atoms with Crippen LogP contribution in [0.2, 0.25) is 0 Å². The fourth-order valence-electron chi connectivity index (χ4n) is 4.74. The number of hydrogen-bond donors (Lipinski definition) is 2. The number of piperidine rings is 1. The smallest absolute Gasteiger partial charge is 0.407 e. The molecule has 1 amide bonds. The molecule has 2 aromatic rings. The van der Waals surface area contributed by atoms with Gasteiger partial charge < -0.3 is 15.0 Å². The number of aryl methyl sites for hydroxylation is 1. The lowest BCUT2D eigenvalue weighted by Gasteiger charge is -2.37. The van der Waals surface area contributed by atoms with E-state index in [9.17, 15) is 9.90 Å². The molecule has 4 nitrogen and oxygen atoms in total. The number of rotatable bonds is 2. The number of hydrogen-bond acceptors (Lipinski definition) is 2. The normalized spacial score (nSPS) is 27.3. The van der Waals surface area contributed by atoms with E-state index in [4.69, 9.17) is 0 Å². The summed E-state index contributed by atoms with van der Waals surface area (Å²) in [7, 11) is 0. The predicted molar refractivity (Wildman–Crippen MR) is 93.7 cm³/mol. The van der Waals surface area contributed by atoms with Crippen molar-refractivity contribution in [2.75, 3.05) is 0 Å². The third-order valence-corrected chi connectivity index (χ3v) is 7.16. The predicted octanol–water partition coefficient (Wildman–Crippen LogP) is 5.05. The molecule has 2 aliphatic heterocycles. The van der Waals surface area contributed by atoms with E-state index in [1.54, 1.807) is 4.90 Å². The Morgan fingerprint density at radius 3 is 2.57 bits per heavy atom. The molecule has 2 aliphatic rings. The topological polar surface area (TPSA) is 56.3 Å². The molecule has 4 rings (SSSR count). The van der Waals surface area contributed by atoms with Crippen LogP contribution >= 0.6 is 11.3 Å². The van der Waals surface area contributed by atoms with Crippen LogP contribution in [0.25, 0.3) is 10.2 Å². The molecule has 5 heteroatoms. The van der Waals surface area contributed by atoms with Gasteiger partial charge in [0, 0.05) is 28.5 Å². The Labute approximate surface area is 140 Å². The maximum atomic E-state index is 11.5. The zero-order valence-electron chi connectivity index (χ0n) is 13.9. The first-order valence-electron chi connectivity index (χ1n) is 8.58. The Balaban J connectivity index is 1.69. The lowest BCUT2D eigenvalue weighted by atomic mass is 9.87. The number of aromatic amines is 1. The molecule has 1 unspecified atom stereocenters. The van der Waals surface area contributed by atoms with Crippen LogP contribution in [-0.2, 0) is 0 Å². The average molecular weight is 332 g/mol. The lowest BCUT2D eigenvalue weighted by Crippen LogP contribution is -2.45. The van der Waals surface area contributed by atoms with Gasteiger partial charge in [0.15, 0.2) is 0 Å². The number of H-pyrrole nitrogens is 1. The summed E-state index contributed by atoms with van der Waals surface area (Å²) in [4.78, 5) is 19.4. The summed E-state index contributed by atoms with van der Waals surface area (Å²) in [6, 6.07) is 0.446. The summed E-state index contributed by atoms with van der Waals surface area (Å²) in [6.07, 6.45) is 5.47. The van der Waals surface area contributed by atoms with Crippen molar-refractivity contribution < 1.29 is 9.90 Å². The second-order valence-electron chi connectivity index (χ2n) is 7.44. The van der Waals surface area contributed by atoms with E-state index in [0.29, 0.717) is 11.8 Å². The molecule has 3 atom stereocenters. The summed E-state index contributed by atoms with van der Waals surface area (Å²) in [5.41, 5.74) is 2.83. The fourth-order valence-corrected chi connectivity index (χ4v) is 6.07. The van der Waals surface area contributed by atoms with Gasteiger partial charge in [-0.25, -0.2) is 4.79 Å². The fraction of sp³-hybridized carbons (Fsp3) is 0.611. The van der Waals surface area contributed by atoms with Crippen LogP contribution in [0.5, 0.6) is 0 Å². The third-order valence-electron chi connectivity index (χ3n) is 5.78. The van der Waals surface area contributed by atoms with Gasteiger partial charge in [-0.1, -0.05) is 13.8 Å². The molecule has 4 heterocycles. The van der Waals surface area contributed by atoms with Gasteiger partial charge in [-0.05, 0) is 55.6 Å². The van der Waals surface area contributed by atoms with Crippen molar-refractivity contribution in [2.45, 2.75) is 70.4 Å². The second kappa shape index (κ2) is 5.26. The minimum Gasteiger partial charge on any atom is -0.465 e. The number of nitrogens with one attached hydrogen (secondary N) is 1. The Bertz CT molecular complexity index is 746. The number of fused-ring (bicyclic) bond motifs is 3. The van der Waals surface area contributed by atoms with Crippen molar-refractivity contribution in [2.24, 2.45) is 0 Å². The van der Waals surface area contributed by atoms with Crippen molar-refractivity contribution in [1.82, 2.24) is 9.88 Å². The number of amides is 1. The van der Waals surface area contributed by atoms with E-state index < -0.39 is 6.09 Å². The van der Waals surface area contributed by atoms with Gasteiger partial charge in [-0.3, -0.25) is 0 Å². The molecule has 0 aliphatic carbocycles. The number of carbonyl (C=O) groups is 1. The van der Waals surface area contributed by atoms with Crippen molar-refractivity contribution in [1.29, 1.82) is 0 Å². The highest BCUT2D eigenvalue weighted by Gasteiger charge is 2.44. The van der Waals surface area contributed by atoms with Crippen LogP contribution in [0.4, 0.5) is 4.79 Å². The quantitative estimate of drug-likeness (QED) is 0.808. The molecule has 23 heavy (non-hydrogen) atoms. The Morgan fingerprint density at radius 1 is 1.35 bits per heavy atom. The van der Waals surface area contributed by atoms with Crippen molar-refractivity contribution in [3.05, 3.63) is 22.2 Å². The van der Waals surface area contributed by atoms with Crippen molar-refractivity contribution >= 4 is 27.6 Å². The third kappa shape index (κ3) is 2.20. The van der Waals surface area contributed by atoms with Crippen LogP contribution < -0.4 is 0 Å². The summed E-state index contributed by atoms with van der Waals surface area (Å²) < 4.78 is 0. The standard InChI is InChI=1S/C18H24N2O2S/c1-9(2)14-8-19-17-15(14)10(3)16(23-17)11-6-12-4-5-13(7-11)20(12)18(21)22/h8-9,11-13,19H,4-7H2,1-3H3,(H,21,22)/t11?,12-,13+. The maximum Gasteiger partial charge on any atom is 0.407 e. The number of nitrogens with zero attached hydrogens (tertiary/aromatic N) is 1. The molecular weight excluding hydrogens is 308 g/mol. The lowest BCUT2D eigenvalue weighted by molar-refractivity contribution is 0.0969. The minimum atomic E-state index is -0.729. The van der Waals surface area contributed by atoms with E-state index in [1.165, 1.54) is 26.2 Å². The van der Waals surface area contributed by atoms with E-state index in [-0.39, 0.29) is 12.1 Å². The molecule has 124 valence electrons. The molecule has 2 N–H and O–H groups in total. The largest absolute Gasteiger partial charge is 0.465 e. The molecule has 0 spiro atoms. The molecule has 0 radical (unpaired) electrons. The van der Waals surface area contributed by atoms with Gasteiger partial charge in [-0.2, -0.15) is 0 Å². The van der Waals surface area contributed by atoms with Gasteiger partial charge in [0.05, 0.1) is 0 Å². The summed E-state index contributed by atoms with van der Waals surface area (Å²) >= 11 is 1.89. The molecular formula is C18H24N2O2S. The van der Waals surface area contributed by atoms with Gasteiger partial charge in [0.1, 0.15) is 4.83 Å². The highest BCUT2D eigenvalue weighted by molar-refractivity contribution is 7.19. The van der Waals surface area contributed by atoms with Crippen LogP contribution in [0.15, 0.2) is 6.20 Å².